The van der Waals surface area contributed by atoms with Crippen molar-refractivity contribution in [3.63, 3.8) is 0 Å². The summed E-state index contributed by atoms with van der Waals surface area (Å²) in [4.78, 5) is 2.44. The third kappa shape index (κ3) is 4.74. The van der Waals surface area contributed by atoms with Crippen molar-refractivity contribution in [3.05, 3.63) is 0 Å². The minimum Gasteiger partial charge on any atom is -0.376 e. The molecule has 1 aromatic rings. The van der Waals surface area contributed by atoms with Crippen molar-refractivity contribution in [2.24, 2.45) is 5.92 Å². The Hall–Kier alpha value is -0.660. The molecule has 0 aromatic carbocycles. The van der Waals surface area contributed by atoms with Gasteiger partial charge in [0.15, 0.2) is 0 Å². The molecule has 0 radical (unpaired) electrons. The molecule has 1 unspecified atom stereocenters. The Labute approximate surface area is 118 Å². The molecule has 0 amide bonds. The molecule has 1 atom stereocenters. The highest BCUT2D eigenvalue weighted by atomic mass is 32.2. The average Bonchev–Trinajstić information content (AvgIpc) is 2.76. The van der Waals surface area contributed by atoms with E-state index in [0.29, 0.717) is 12.0 Å². The fraction of sp³-hybridized carbons (Fsp3) is 0.917. The van der Waals surface area contributed by atoms with Crippen molar-refractivity contribution in [3.8, 4) is 0 Å². The number of ether oxygens (including phenoxy) is 1. The van der Waals surface area contributed by atoms with Gasteiger partial charge in [-0.15, -0.1) is 5.10 Å². The van der Waals surface area contributed by atoms with E-state index in [0.717, 1.165) is 43.7 Å². The Kier molecular flexibility index (Phi) is 5.59. The van der Waals surface area contributed by atoms with E-state index in [-0.39, 0.29) is 0 Å². The number of hydrogen-bond acceptors (Lipinski definition) is 6. The fourth-order valence-electron chi connectivity index (χ4n) is 2.12. The molecule has 108 valence electrons. The van der Waals surface area contributed by atoms with Crippen molar-refractivity contribution in [1.82, 2.24) is 25.1 Å². The van der Waals surface area contributed by atoms with Crippen LogP contribution in [-0.2, 0) is 11.3 Å². The standard InChI is InChI=1S/C12H23N5OS/c1-10(2)8-17-12(13-14-15-17)19-7-5-16-4-6-18-11(3)9-16/h10-11H,4-9H2,1-3H3. The van der Waals surface area contributed by atoms with E-state index in [1.54, 1.807) is 11.8 Å². The van der Waals surface area contributed by atoms with Gasteiger partial charge < -0.3 is 4.74 Å². The normalized spacial score (nSPS) is 21.2. The Morgan fingerprint density at radius 1 is 1.47 bits per heavy atom. The van der Waals surface area contributed by atoms with Crippen molar-refractivity contribution in [2.45, 2.75) is 38.6 Å². The van der Waals surface area contributed by atoms with Crippen molar-refractivity contribution >= 4 is 11.8 Å². The first kappa shape index (κ1) is 14.7. The highest BCUT2D eigenvalue weighted by molar-refractivity contribution is 7.99. The van der Waals surface area contributed by atoms with E-state index in [4.69, 9.17) is 4.74 Å². The Balaban J connectivity index is 1.74. The molecule has 0 saturated carbocycles. The van der Waals surface area contributed by atoms with E-state index in [1.807, 2.05) is 4.68 Å². The number of nitrogens with zero attached hydrogens (tertiary/aromatic N) is 5. The summed E-state index contributed by atoms with van der Waals surface area (Å²) in [6.45, 7) is 11.3. The van der Waals surface area contributed by atoms with Crippen LogP contribution in [0.2, 0.25) is 0 Å². The van der Waals surface area contributed by atoms with Gasteiger partial charge >= 0.3 is 0 Å². The Morgan fingerprint density at radius 3 is 3.05 bits per heavy atom. The first-order valence-electron chi connectivity index (χ1n) is 6.88. The maximum atomic E-state index is 5.54. The van der Waals surface area contributed by atoms with Crippen molar-refractivity contribution in [1.29, 1.82) is 0 Å². The predicted molar refractivity (Wildman–Crippen MR) is 75.2 cm³/mol. The van der Waals surface area contributed by atoms with Crippen LogP contribution >= 0.6 is 11.8 Å². The predicted octanol–water partition coefficient (Wildman–Crippen LogP) is 1.14. The molecular weight excluding hydrogens is 262 g/mol. The van der Waals surface area contributed by atoms with E-state index in [9.17, 15) is 0 Å². The number of tetrazole rings is 1. The maximum absolute atomic E-state index is 5.54. The van der Waals surface area contributed by atoms with Gasteiger partial charge in [0.05, 0.1) is 12.7 Å². The zero-order valence-corrected chi connectivity index (χ0v) is 12.8. The monoisotopic (exact) mass is 285 g/mol. The van der Waals surface area contributed by atoms with Gasteiger partial charge in [0, 0.05) is 31.9 Å². The van der Waals surface area contributed by atoms with Gasteiger partial charge in [0.1, 0.15) is 0 Å². The van der Waals surface area contributed by atoms with Gasteiger partial charge in [0.25, 0.3) is 0 Å². The molecule has 0 bridgehead atoms. The largest absolute Gasteiger partial charge is 0.376 e. The summed E-state index contributed by atoms with van der Waals surface area (Å²) in [7, 11) is 0. The molecule has 0 N–H and O–H groups in total. The number of rotatable bonds is 6. The Morgan fingerprint density at radius 2 is 2.32 bits per heavy atom. The van der Waals surface area contributed by atoms with Crippen LogP contribution in [0, 0.1) is 5.92 Å². The molecule has 1 aromatic heterocycles. The third-order valence-corrected chi connectivity index (χ3v) is 3.94. The number of hydrogen-bond donors (Lipinski definition) is 0. The second-order valence-corrected chi connectivity index (χ2v) is 6.43. The van der Waals surface area contributed by atoms with Crippen LogP contribution in [0.3, 0.4) is 0 Å². The van der Waals surface area contributed by atoms with Gasteiger partial charge in [-0.3, -0.25) is 4.90 Å². The van der Waals surface area contributed by atoms with Crippen LogP contribution < -0.4 is 0 Å². The summed E-state index contributed by atoms with van der Waals surface area (Å²) in [6.07, 6.45) is 0.352. The number of thioether (sulfide) groups is 1. The van der Waals surface area contributed by atoms with Crippen molar-refractivity contribution < 1.29 is 4.74 Å². The second kappa shape index (κ2) is 7.21. The van der Waals surface area contributed by atoms with E-state index < -0.39 is 0 Å². The lowest BCUT2D eigenvalue weighted by Crippen LogP contribution is -2.42. The van der Waals surface area contributed by atoms with Crippen LogP contribution in [-0.4, -0.2) is 63.2 Å². The minimum atomic E-state index is 0.352. The highest BCUT2D eigenvalue weighted by Crippen LogP contribution is 2.15. The lowest BCUT2D eigenvalue weighted by Gasteiger charge is -2.30. The smallest absolute Gasteiger partial charge is 0.209 e. The third-order valence-electron chi connectivity index (χ3n) is 3.00. The minimum absolute atomic E-state index is 0.352. The van der Waals surface area contributed by atoms with Gasteiger partial charge in [-0.05, 0) is 23.3 Å². The van der Waals surface area contributed by atoms with Gasteiger partial charge in [-0.1, -0.05) is 25.6 Å². The molecule has 0 aliphatic carbocycles. The van der Waals surface area contributed by atoms with E-state index >= 15 is 0 Å². The van der Waals surface area contributed by atoms with Crippen molar-refractivity contribution in [2.75, 3.05) is 32.0 Å². The molecule has 1 aliphatic heterocycles. The van der Waals surface area contributed by atoms with Gasteiger partial charge in [-0.25, -0.2) is 4.68 Å². The van der Waals surface area contributed by atoms with E-state index in [1.165, 1.54) is 0 Å². The molecule has 0 spiro atoms. The molecule has 1 fully saturated rings. The SMILES string of the molecule is CC(C)Cn1nnnc1SCCN1CCOC(C)C1. The van der Waals surface area contributed by atoms with Crippen LogP contribution in [0.4, 0.5) is 0 Å². The summed E-state index contributed by atoms with van der Waals surface area (Å²) >= 11 is 1.73. The summed E-state index contributed by atoms with van der Waals surface area (Å²) in [5.41, 5.74) is 0. The fourth-order valence-corrected chi connectivity index (χ4v) is 3.01. The molecule has 2 rings (SSSR count). The zero-order chi connectivity index (χ0) is 13.7. The molecule has 6 nitrogen and oxygen atoms in total. The van der Waals surface area contributed by atoms with Crippen LogP contribution in [0.5, 0.6) is 0 Å². The first-order valence-corrected chi connectivity index (χ1v) is 7.86. The number of morpholine rings is 1. The summed E-state index contributed by atoms with van der Waals surface area (Å²) in [5, 5.41) is 12.8. The van der Waals surface area contributed by atoms with Crippen LogP contribution in [0.25, 0.3) is 0 Å². The zero-order valence-electron chi connectivity index (χ0n) is 11.9. The second-order valence-electron chi connectivity index (χ2n) is 5.37. The topological polar surface area (TPSA) is 56.1 Å². The average molecular weight is 285 g/mol. The molecule has 1 aliphatic rings. The molecule has 1 saturated heterocycles. The molecule has 7 heteroatoms. The van der Waals surface area contributed by atoms with Crippen LogP contribution in [0.15, 0.2) is 5.16 Å². The quantitative estimate of drug-likeness (QED) is 0.731. The molecular formula is C12H23N5OS. The van der Waals surface area contributed by atoms with Gasteiger partial charge in [0.2, 0.25) is 5.16 Å². The molecule has 19 heavy (non-hydrogen) atoms. The first-order chi connectivity index (χ1) is 9.15. The van der Waals surface area contributed by atoms with Gasteiger partial charge in [-0.2, -0.15) is 0 Å². The summed E-state index contributed by atoms with van der Waals surface area (Å²) in [6, 6.07) is 0. The molecule has 2 heterocycles. The Bertz CT molecular complexity index is 384. The van der Waals surface area contributed by atoms with E-state index in [2.05, 4.69) is 41.2 Å². The highest BCUT2D eigenvalue weighted by Gasteiger charge is 2.16. The summed E-state index contributed by atoms with van der Waals surface area (Å²) in [5.74, 6) is 1.58. The lowest BCUT2D eigenvalue weighted by atomic mass is 10.2. The maximum Gasteiger partial charge on any atom is 0.209 e. The lowest BCUT2D eigenvalue weighted by molar-refractivity contribution is -0.0158. The summed E-state index contributed by atoms with van der Waals surface area (Å²) < 4.78 is 7.44. The number of aromatic nitrogens is 4. The van der Waals surface area contributed by atoms with Crippen LogP contribution in [0.1, 0.15) is 20.8 Å².